The molecule has 2 saturated heterocycles. The lowest BCUT2D eigenvalue weighted by Crippen LogP contribution is -2.43. The minimum atomic E-state index is -0.0453. The molecule has 2 aromatic rings. The molecule has 1 atom stereocenters. The number of nitrogens with one attached hydrogen (secondary N) is 1. The van der Waals surface area contributed by atoms with Crippen molar-refractivity contribution in [3.05, 3.63) is 42.0 Å². The summed E-state index contributed by atoms with van der Waals surface area (Å²) in [6, 6.07) is 12.0. The molecular weight excluding hydrogens is 418 g/mol. The van der Waals surface area contributed by atoms with Gasteiger partial charge in [-0.15, -0.1) is 10.2 Å². The van der Waals surface area contributed by atoms with E-state index in [0.29, 0.717) is 13.1 Å². The number of unbranched alkanes of at least 4 members (excludes halogenated alkanes) is 1. The summed E-state index contributed by atoms with van der Waals surface area (Å²) in [7, 11) is 0. The van der Waals surface area contributed by atoms with Crippen LogP contribution in [0.1, 0.15) is 38.2 Å². The van der Waals surface area contributed by atoms with Crippen LogP contribution < -0.4 is 19.9 Å². The maximum Gasteiger partial charge on any atom is 0.225 e. The Morgan fingerprint density at radius 3 is 2.48 bits per heavy atom. The maximum absolute atomic E-state index is 12.8. The highest BCUT2D eigenvalue weighted by molar-refractivity contribution is 5.79. The molecule has 2 aliphatic heterocycles. The van der Waals surface area contributed by atoms with Crippen LogP contribution in [0.3, 0.4) is 0 Å². The first-order valence-corrected chi connectivity index (χ1v) is 12.1. The fourth-order valence-electron chi connectivity index (χ4n) is 4.22. The second-order valence-corrected chi connectivity index (χ2v) is 8.70. The number of ether oxygens (including phenoxy) is 2. The largest absolute Gasteiger partial charge is 0.494 e. The lowest BCUT2D eigenvalue weighted by atomic mass is 9.97. The summed E-state index contributed by atoms with van der Waals surface area (Å²) in [5, 5.41) is 12.0. The first-order valence-electron chi connectivity index (χ1n) is 12.1. The van der Waals surface area contributed by atoms with E-state index in [1.807, 2.05) is 36.4 Å². The van der Waals surface area contributed by atoms with Gasteiger partial charge in [-0.3, -0.25) is 4.79 Å². The molecule has 8 heteroatoms. The lowest BCUT2D eigenvalue weighted by molar-refractivity contribution is -0.125. The molecule has 8 nitrogen and oxygen atoms in total. The van der Waals surface area contributed by atoms with Crippen molar-refractivity contribution in [2.45, 2.75) is 39.2 Å². The quantitative estimate of drug-likeness (QED) is 0.585. The number of amides is 1. The summed E-state index contributed by atoms with van der Waals surface area (Å²) in [5.74, 6) is 2.65. The SMILES string of the molecule is CCCCOc1ccc(CNC(=O)[C@H]2CCCN(c3ccc(N4CCOCC4)nn3)C2)cc1. The van der Waals surface area contributed by atoms with Crippen LogP contribution in [0, 0.1) is 5.92 Å². The van der Waals surface area contributed by atoms with E-state index in [1.54, 1.807) is 0 Å². The zero-order chi connectivity index (χ0) is 22.9. The van der Waals surface area contributed by atoms with Crippen LogP contribution in [0.15, 0.2) is 36.4 Å². The van der Waals surface area contributed by atoms with Crippen molar-refractivity contribution in [1.29, 1.82) is 0 Å². The third kappa shape index (κ3) is 6.57. The average molecular weight is 454 g/mol. The monoisotopic (exact) mass is 453 g/mol. The highest BCUT2D eigenvalue weighted by Crippen LogP contribution is 2.23. The molecular formula is C25H35N5O3. The molecule has 1 aromatic carbocycles. The number of benzene rings is 1. The van der Waals surface area contributed by atoms with Crippen molar-refractivity contribution >= 4 is 17.5 Å². The standard InChI is InChI=1S/C25H35N5O3/c1-2-3-15-33-22-8-6-20(7-9-22)18-26-25(31)21-5-4-12-30(19-21)24-11-10-23(27-28-24)29-13-16-32-17-14-29/h6-11,21H,2-5,12-19H2,1H3,(H,26,31)/t21-/m0/s1. The second kappa shape index (κ2) is 11.8. The molecule has 0 aliphatic carbocycles. The van der Waals surface area contributed by atoms with E-state index >= 15 is 0 Å². The van der Waals surface area contributed by atoms with Crippen LogP contribution >= 0.6 is 0 Å². The Morgan fingerprint density at radius 2 is 1.79 bits per heavy atom. The Balaban J connectivity index is 1.26. The van der Waals surface area contributed by atoms with Gasteiger partial charge >= 0.3 is 0 Å². The average Bonchev–Trinajstić information content (AvgIpc) is 2.89. The fraction of sp³-hybridized carbons (Fsp3) is 0.560. The molecule has 33 heavy (non-hydrogen) atoms. The number of hydrogen-bond donors (Lipinski definition) is 1. The van der Waals surface area contributed by atoms with Gasteiger partial charge in [-0.05, 0) is 49.1 Å². The molecule has 0 saturated carbocycles. The van der Waals surface area contributed by atoms with Gasteiger partial charge in [-0.1, -0.05) is 25.5 Å². The number of rotatable bonds is 9. The number of aromatic nitrogens is 2. The summed E-state index contributed by atoms with van der Waals surface area (Å²) < 4.78 is 11.1. The molecule has 1 aromatic heterocycles. The van der Waals surface area contributed by atoms with Crippen LogP contribution in [0.4, 0.5) is 11.6 Å². The van der Waals surface area contributed by atoms with Crippen LogP contribution in [-0.2, 0) is 16.1 Å². The Hall–Kier alpha value is -2.87. The summed E-state index contributed by atoms with van der Waals surface area (Å²) in [6.07, 6.45) is 4.04. The predicted octanol–water partition coefficient (Wildman–Crippen LogP) is 3.02. The molecule has 2 aliphatic rings. The van der Waals surface area contributed by atoms with Gasteiger partial charge in [0.05, 0.1) is 25.7 Å². The minimum Gasteiger partial charge on any atom is -0.494 e. The number of morpholine rings is 1. The van der Waals surface area contributed by atoms with Crippen molar-refractivity contribution in [2.24, 2.45) is 5.92 Å². The summed E-state index contributed by atoms with van der Waals surface area (Å²) in [6.45, 7) is 8.12. The van der Waals surface area contributed by atoms with Gasteiger partial charge in [0.15, 0.2) is 11.6 Å². The molecule has 1 N–H and O–H groups in total. The number of piperidine rings is 1. The molecule has 0 unspecified atom stereocenters. The second-order valence-electron chi connectivity index (χ2n) is 8.70. The molecule has 1 amide bonds. The van der Waals surface area contributed by atoms with Crippen LogP contribution in [-0.4, -0.2) is 62.1 Å². The number of carbonyl (C=O) groups excluding carboxylic acids is 1. The van der Waals surface area contributed by atoms with Crippen LogP contribution in [0.2, 0.25) is 0 Å². The van der Waals surface area contributed by atoms with Crippen molar-refractivity contribution in [2.75, 3.05) is 55.8 Å². The molecule has 3 heterocycles. The van der Waals surface area contributed by atoms with E-state index < -0.39 is 0 Å². The van der Waals surface area contributed by atoms with Gasteiger partial charge in [0.2, 0.25) is 5.91 Å². The molecule has 0 spiro atoms. The summed E-state index contributed by atoms with van der Waals surface area (Å²) in [4.78, 5) is 17.2. The molecule has 0 radical (unpaired) electrons. The first-order chi connectivity index (χ1) is 16.2. The topological polar surface area (TPSA) is 79.8 Å². The number of anilines is 2. The van der Waals surface area contributed by atoms with E-state index in [0.717, 1.165) is 88.1 Å². The Kier molecular flexibility index (Phi) is 8.35. The minimum absolute atomic E-state index is 0.0453. The van der Waals surface area contributed by atoms with E-state index in [-0.39, 0.29) is 11.8 Å². The van der Waals surface area contributed by atoms with Gasteiger partial charge in [-0.25, -0.2) is 0 Å². The third-order valence-corrected chi connectivity index (χ3v) is 6.24. The van der Waals surface area contributed by atoms with Crippen LogP contribution in [0.5, 0.6) is 5.75 Å². The first kappa shape index (κ1) is 23.3. The van der Waals surface area contributed by atoms with Crippen molar-refractivity contribution in [3.63, 3.8) is 0 Å². The Morgan fingerprint density at radius 1 is 1.06 bits per heavy atom. The zero-order valence-electron chi connectivity index (χ0n) is 19.5. The summed E-state index contributed by atoms with van der Waals surface area (Å²) >= 11 is 0. The smallest absolute Gasteiger partial charge is 0.225 e. The summed E-state index contributed by atoms with van der Waals surface area (Å²) in [5.41, 5.74) is 1.07. The highest BCUT2D eigenvalue weighted by atomic mass is 16.5. The van der Waals surface area contributed by atoms with E-state index in [2.05, 4.69) is 32.2 Å². The van der Waals surface area contributed by atoms with Gasteiger partial charge in [0.1, 0.15) is 5.75 Å². The van der Waals surface area contributed by atoms with Crippen LogP contribution in [0.25, 0.3) is 0 Å². The Labute approximate surface area is 196 Å². The lowest BCUT2D eigenvalue weighted by Gasteiger charge is -2.33. The van der Waals surface area contributed by atoms with Crippen molar-refractivity contribution in [3.8, 4) is 5.75 Å². The van der Waals surface area contributed by atoms with E-state index in [4.69, 9.17) is 9.47 Å². The molecule has 2 fully saturated rings. The predicted molar refractivity (Wildman–Crippen MR) is 129 cm³/mol. The van der Waals surface area contributed by atoms with E-state index in [1.165, 1.54) is 0 Å². The normalized spacial score (nSPS) is 18.8. The maximum atomic E-state index is 12.8. The molecule has 178 valence electrons. The van der Waals surface area contributed by atoms with Gasteiger partial charge < -0.3 is 24.6 Å². The van der Waals surface area contributed by atoms with Gasteiger partial charge in [0.25, 0.3) is 0 Å². The highest BCUT2D eigenvalue weighted by Gasteiger charge is 2.27. The van der Waals surface area contributed by atoms with Crippen molar-refractivity contribution < 1.29 is 14.3 Å². The van der Waals surface area contributed by atoms with Gasteiger partial charge in [-0.2, -0.15) is 0 Å². The van der Waals surface area contributed by atoms with Gasteiger partial charge in [0, 0.05) is 32.7 Å². The fourth-order valence-corrected chi connectivity index (χ4v) is 4.22. The Bertz CT molecular complexity index is 869. The number of hydrogen-bond acceptors (Lipinski definition) is 7. The third-order valence-electron chi connectivity index (χ3n) is 6.24. The number of carbonyl (C=O) groups is 1. The van der Waals surface area contributed by atoms with Crippen molar-refractivity contribution in [1.82, 2.24) is 15.5 Å². The molecule has 0 bridgehead atoms. The zero-order valence-corrected chi connectivity index (χ0v) is 19.5. The van der Waals surface area contributed by atoms with E-state index in [9.17, 15) is 4.79 Å². The number of nitrogens with zero attached hydrogens (tertiary/aromatic N) is 4. The molecule has 4 rings (SSSR count).